The van der Waals surface area contributed by atoms with Gasteiger partial charge in [-0.2, -0.15) is 8.78 Å². The van der Waals surface area contributed by atoms with Crippen molar-refractivity contribution in [1.29, 1.82) is 0 Å². The van der Waals surface area contributed by atoms with Crippen molar-refractivity contribution in [3.63, 3.8) is 0 Å². The Hall–Kier alpha value is -4.41. The van der Waals surface area contributed by atoms with Gasteiger partial charge in [0, 0.05) is 21.9 Å². The minimum absolute atomic E-state index is 0.0568. The Bertz CT molecular complexity index is 1790. The Morgan fingerprint density at radius 2 is 1.00 bits per heavy atom. The van der Waals surface area contributed by atoms with Crippen LogP contribution in [0.1, 0.15) is 0 Å². The van der Waals surface area contributed by atoms with Crippen molar-refractivity contribution in [3.05, 3.63) is 94.8 Å². The average Bonchev–Trinajstić information content (AvgIpc) is 2.94. The monoisotopic (exact) mass is 552 g/mol. The second-order valence-electron chi connectivity index (χ2n) is 8.34. The minimum Gasteiger partial charge on any atom is -0.497 e. The molecule has 0 atom stereocenters. The Morgan fingerprint density at radius 1 is 0.462 bits per heavy atom. The molecule has 200 valence electrons. The molecule has 0 fully saturated rings. The third-order valence-corrected chi connectivity index (χ3v) is 6.34. The normalized spacial score (nSPS) is 11.5. The molecule has 0 amide bonds. The second-order valence-corrected chi connectivity index (χ2v) is 8.34. The number of methoxy groups -OCH3 is 2. The molecule has 0 aromatic heterocycles. The van der Waals surface area contributed by atoms with Crippen molar-refractivity contribution in [1.82, 2.24) is 0 Å². The van der Waals surface area contributed by atoms with Crippen LogP contribution in [-0.4, -0.2) is 14.2 Å². The molecule has 5 rings (SSSR count). The Kier molecular flexibility index (Phi) is 6.32. The molecule has 0 unspecified atom stereocenters. The smallest absolute Gasteiger partial charge is 0.204 e. The summed E-state index contributed by atoms with van der Waals surface area (Å²) in [6, 6.07) is 7.97. The van der Waals surface area contributed by atoms with Crippen LogP contribution in [0.4, 0.5) is 39.5 Å². The summed E-state index contributed by atoms with van der Waals surface area (Å²) >= 11 is 0. The maximum atomic E-state index is 15.5. The van der Waals surface area contributed by atoms with E-state index < -0.39 is 85.4 Å². The summed E-state index contributed by atoms with van der Waals surface area (Å²) in [6.07, 6.45) is 0. The van der Waals surface area contributed by atoms with E-state index in [-0.39, 0.29) is 16.5 Å². The molecule has 39 heavy (non-hydrogen) atoms. The van der Waals surface area contributed by atoms with Crippen LogP contribution < -0.4 is 9.47 Å². The van der Waals surface area contributed by atoms with E-state index in [0.29, 0.717) is 11.8 Å². The number of ether oxygens (including phenoxy) is 2. The standard InChI is InChI=1S/C28H13F9O2/c1-38-12-6-3-10(4-7-12)15-13-8-5-11(29)9-14(13)16(18-17(15)20(30)24(34)25(35)21(18)31)19-22(32)26(36)28(39-2)27(37)23(19)33/h3-9H,1-2H3. The molecule has 0 heterocycles. The summed E-state index contributed by atoms with van der Waals surface area (Å²) in [5.41, 5.74) is -3.03. The van der Waals surface area contributed by atoms with Crippen LogP contribution in [0.25, 0.3) is 43.8 Å². The first-order chi connectivity index (χ1) is 18.5. The Labute approximate surface area is 213 Å². The molecule has 11 heteroatoms. The molecule has 0 saturated heterocycles. The summed E-state index contributed by atoms with van der Waals surface area (Å²) in [5.74, 6) is -19.3. The fourth-order valence-electron chi connectivity index (χ4n) is 4.64. The molecule has 0 N–H and O–H groups in total. The lowest BCUT2D eigenvalue weighted by atomic mass is 9.84. The van der Waals surface area contributed by atoms with Crippen molar-refractivity contribution in [3.8, 4) is 33.8 Å². The van der Waals surface area contributed by atoms with E-state index in [4.69, 9.17) is 4.74 Å². The highest BCUT2D eigenvalue weighted by molar-refractivity contribution is 6.21. The topological polar surface area (TPSA) is 18.5 Å². The second kappa shape index (κ2) is 9.40. The molecule has 0 saturated carbocycles. The molecular weight excluding hydrogens is 539 g/mol. The number of hydrogen-bond donors (Lipinski definition) is 0. The average molecular weight is 552 g/mol. The van der Waals surface area contributed by atoms with Crippen molar-refractivity contribution in [2.45, 2.75) is 0 Å². The van der Waals surface area contributed by atoms with E-state index in [1.807, 2.05) is 0 Å². The lowest BCUT2D eigenvalue weighted by molar-refractivity contribution is 0.334. The summed E-state index contributed by atoms with van der Waals surface area (Å²) in [5, 5.41) is -3.11. The number of hydrogen-bond acceptors (Lipinski definition) is 2. The summed E-state index contributed by atoms with van der Waals surface area (Å²) in [7, 11) is 2.07. The van der Waals surface area contributed by atoms with Crippen molar-refractivity contribution in [2.24, 2.45) is 0 Å². The predicted molar refractivity (Wildman–Crippen MR) is 125 cm³/mol. The van der Waals surface area contributed by atoms with Gasteiger partial charge >= 0.3 is 0 Å². The quantitative estimate of drug-likeness (QED) is 0.0963. The first-order valence-electron chi connectivity index (χ1n) is 11.0. The van der Waals surface area contributed by atoms with Crippen LogP contribution in [0.15, 0.2) is 42.5 Å². The predicted octanol–water partition coefficient (Wildman–Crippen LogP) is 8.60. The third kappa shape index (κ3) is 3.75. The van der Waals surface area contributed by atoms with Crippen LogP contribution in [0, 0.1) is 52.4 Å². The number of halogens is 9. The van der Waals surface area contributed by atoms with Crippen LogP contribution in [0.3, 0.4) is 0 Å². The van der Waals surface area contributed by atoms with Gasteiger partial charge in [-0.1, -0.05) is 18.2 Å². The van der Waals surface area contributed by atoms with Gasteiger partial charge in [0.15, 0.2) is 40.7 Å². The zero-order valence-corrected chi connectivity index (χ0v) is 19.8. The van der Waals surface area contributed by atoms with Gasteiger partial charge in [-0.25, -0.2) is 30.7 Å². The zero-order valence-electron chi connectivity index (χ0n) is 19.8. The summed E-state index contributed by atoms with van der Waals surface area (Å²) < 4.78 is 144. The van der Waals surface area contributed by atoms with Crippen molar-refractivity contribution < 1.29 is 49.0 Å². The maximum absolute atomic E-state index is 15.5. The van der Waals surface area contributed by atoms with Crippen LogP contribution in [0.2, 0.25) is 0 Å². The minimum atomic E-state index is -2.37. The molecule has 0 radical (unpaired) electrons. The number of fused-ring (bicyclic) bond motifs is 2. The van der Waals surface area contributed by atoms with E-state index in [9.17, 15) is 22.0 Å². The van der Waals surface area contributed by atoms with E-state index in [0.717, 1.165) is 19.2 Å². The van der Waals surface area contributed by atoms with Gasteiger partial charge in [0.2, 0.25) is 11.6 Å². The number of benzene rings is 5. The van der Waals surface area contributed by atoms with Gasteiger partial charge in [0.05, 0.1) is 19.8 Å². The third-order valence-electron chi connectivity index (χ3n) is 6.34. The van der Waals surface area contributed by atoms with Gasteiger partial charge in [0.25, 0.3) is 0 Å². The molecule has 0 aliphatic heterocycles. The molecule has 5 aromatic carbocycles. The van der Waals surface area contributed by atoms with Crippen molar-refractivity contribution in [2.75, 3.05) is 14.2 Å². The molecular formula is C28H13F9O2. The lowest BCUT2D eigenvalue weighted by Crippen LogP contribution is -2.07. The molecule has 2 nitrogen and oxygen atoms in total. The van der Waals surface area contributed by atoms with Gasteiger partial charge in [-0.3, -0.25) is 0 Å². The zero-order chi connectivity index (χ0) is 28.3. The highest BCUT2D eigenvalue weighted by Crippen LogP contribution is 2.49. The van der Waals surface area contributed by atoms with Gasteiger partial charge in [-0.05, 0) is 40.6 Å². The summed E-state index contributed by atoms with van der Waals surface area (Å²) in [4.78, 5) is 0. The fourth-order valence-corrected chi connectivity index (χ4v) is 4.64. The van der Waals surface area contributed by atoms with Crippen LogP contribution in [0.5, 0.6) is 11.5 Å². The fraction of sp³-hybridized carbons (Fsp3) is 0.0714. The Morgan fingerprint density at radius 3 is 1.51 bits per heavy atom. The largest absolute Gasteiger partial charge is 0.497 e. The SMILES string of the molecule is COc1ccc(-c2c3ccc(F)cc3c(-c3c(F)c(F)c(OC)c(F)c3F)c3c(F)c(F)c(F)c(F)c23)cc1. The Balaban J connectivity index is 2.14. The maximum Gasteiger partial charge on any atom is 0.204 e. The van der Waals surface area contributed by atoms with Crippen LogP contribution >= 0.6 is 0 Å². The molecule has 0 aliphatic carbocycles. The lowest BCUT2D eigenvalue weighted by Gasteiger charge is -2.20. The number of rotatable bonds is 4. The van der Waals surface area contributed by atoms with Gasteiger partial charge < -0.3 is 9.47 Å². The first-order valence-corrected chi connectivity index (χ1v) is 11.0. The van der Waals surface area contributed by atoms with E-state index >= 15 is 17.6 Å². The van der Waals surface area contributed by atoms with Crippen LogP contribution in [-0.2, 0) is 0 Å². The van der Waals surface area contributed by atoms with E-state index in [1.165, 1.54) is 31.4 Å². The van der Waals surface area contributed by atoms with E-state index in [2.05, 4.69) is 4.74 Å². The summed E-state index contributed by atoms with van der Waals surface area (Å²) in [6.45, 7) is 0. The highest BCUT2D eigenvalue weighted by atomic mass is 19.2. The molecule has 5 aromatic rings. The van der Waals surface area contributed by atoms with Gasteiger partial charge in [-0.15, -0.1) is 0 Å². The van der Waals surface area contributed by atoms with Gasteiger partial charge in [0.1, 0.15) is 11.6 Å². The first kappa shape index (κ1) is 26.2. The molecule has 0 spiro atoms. The molecule has 0 aliphatic rings. The van der Waals surface area contributed by atoms with Crippen molar-refractivity contribution >= 4 is 21.5 Å². The van der Waals surface area contributed by atoms with E-state index in [1.54, 1.807) is 0 Å². The molecule has 0 bridgehead atoms. The highest BCUT2D eigenvalue weighted by Gasteiger charge is 2.34.